The highest BCUT2D eigenvalue weighted by molar-refractivity contribution is 6.35. The molecule has 1 aromatic rings. The number of phenolic OH excluding ortho intramolecular Hbond substituents is 2. The van der Waals surface area contributed by atoms with E-state index in [1.54, 1.807) is 16.8 Å². The number of hydrogen-bond acceptors (Lipinski definition) is 12. The van der Waals surface area contributed by atoms with E-state index in [0.717, 1.165) is 6.92 Å². The predicted molar refractivity (Wildman–Crippen MR) is 144 cm³/mol. The van der Waals surface area contributed by atoms with Gasteiger partial charge in [-0.1, -0.05) is 0 Å². The largest absolute Gasteiger partial charge is 0.507 e. The van der Waals surface area contributed by atoms with Crippen LogP contribution < -0.4 is 10.1 Å². The van der Waals surface area contributed by atoms with Gasteiger partial charge in [0.15, 0.2) is 28.8 Å². The fourth-order valence-electron chi connectivity index (χ4n) is 7.04. The van der Waals surface area contributed by atoms with E-state index in [1.165, 1.54) is 28.1 Å². The zero-order valence-electron chi connectivity index (χ0n) is 23.9. The lowest BCUT2D eigenvalue weighted by atomic mass is 9.69. The van der Waals surface area contributed by atoms with Crippen molar-refractivity contribution in [1.29, 1.82) is 5.26 Å². The summed E-state index contributed by atoms with van der Waals surface area (Å²) in [5.74, 6) is -4.36. The van der Waals surface area contributed by atoms with Gasteiger partial charge >= 0.3 is 0 Å². The Hall–Kier alpha value is -4.54. The number of fused-ring (bicyclic) bond motifs is 6. The number of allylic oxidation sites excluding steroid dienone is 2. The standard InChI is InChI=1S/C29H30N4O9/c1-10-22(35)13-7-14-20-18-19(23(36)11(2)28(42-6)26(18)39)24(37)21(32(20)4)15(8-30)33(14)16(9-31-29(40)12(3)34)17(13)25(38)27(10)41-5/h14-16,20-21,36,39H,7,9H2,1-6H3,(H,31,40)/t14-,15-,16-,20-,21+/m0/s1. The van der Waals surface area contributed by atoms with Crippen molar-refractivity contribution in [2.45, 2.75) is 57.4 Å². The van der Waals surface area contributed by atoms with E-state index in [2.05, 4.69) is 11.4 Å². The number of carbonyl (C=O) groups is 5. The van der Waals surface area contributed by atoms with Crippen LogP contribution in [0.1, 0.15) is 47.8 Å². The number of methoxy groups -OCH3 is 2. The lowest BCUT2D eigenvalue weighted by molar-refractivity contribution is -0.137. The summed E-state index contributed by atoms with van der Waals surface area (Å²) in [7, 11) is 4.18. The monoisotopic (exact) mass is 578 g/mol. The summed E-state index contributed by atoms with van der Waals surface area (Å²) in [6.07, 6.45) is -0.0602. The third kappa shape index (κ3) is 3.72. The molecule has 3 N–H and O–H groups in total. The molecule has 1 aliphatic carbocycles. The van der Waals surface area contributed by atoms with Crippen molar-refractivity contribution in [1.82, 2.24) is 15.1 Å². The van der Waals surface area contributed by atoms with Crippen molar-refractivity contribution in [2.24, 2.45) is 0 Å². The Balaban J connectivity index is 1.79. The molecule has 5 rings (SSSR count). The van der Waals surface area contributed by atoms with E-state index in [-0.39, 0.29) is 69.4 Å². The minimum Gasteiger partial charge on any atom is -0.507 e. The minimum atomic E-state index is -1.21. The van der Waals surface area contributed by atoms with Crippen LogP contribution in [0.2, 0.25) is 0 Å². The van der Waals surface area contributed by atoms with Crippen LogP contribution in [0.3, 0.4) is 0 Å². The fourth-order valence-corrected chi connectivity index (χ4v) is 7.04. The lowest BCUT2D eigenvalue weighted by Gasteiger charge is -2.59. The van der Waals surface area contributed by atoms with Crippen LogP contribution in [0.4, 0.5) is 0 Å². The molecule has 4 aliphatic rings. The molecule has 13 heteroatoms. The number of aromatic hydroxyl groups is 2. The molecule has 220 valence electrons. The van der Waals surface area contributed by atoms with E-state index in [0.29, 0.717) is 0 Å². The van der Waals surface area contributed by atoms with Crippen LogP contribution >= 0.6 is 0 Å². The predicted octanol–water partition coefficient (Wildman–Crippen LogP) is 0.375. The van der Waals surface area contributed by atoms with Crippen molar-refractivity contribution in [3.63, 3.8) is 0 Å². The molecule has 0 aromatic heterocycles. The van der Waals surface area contributed by atoms with Crippen LogP contribution in [0.15, 0.2) is 22.5 Å². The summed E-state index contributed by atoms with van der Waals surface area (Å²) in [6.45, 7) is 3.70. The number of benzene rings is 1. The lowest BCUT2D eigenvalue weighted by Crippen LogP contribution is -2.72. The van der Waals surface area contributed by atoms with E-state index in [1.807, 2.05) is 0 Å². The van der Waals surface area contributed by atoms with E-state index in [9.17, 15) is 39.4 Å². The third-order valence-electron chi connectivity index (χ3n) is 8.88. The first-order chi connectivity index (χ1) is 19.8. The van der Waals surface area contributed by atoms with Crippen molar-refractivity contribution >= 4 is 29.0 Å². The maximum atomic E-state index is 14.0. The first-order valence-electron chi connectivity index (χ1n) is 13.2. The first kappa shape index (κ1) is 29.0. The number of piperazine rings is 1. The average Bonchev–Trinajstić information content (AvgIpc) is 2.95. The van der Waals surface area contributed by atoms with E-state index < -0.39 is 59.2 Å². The van der Waals surface area contributed by atoms with Crippen LogP contribution in [0.5, 0.6) is 17.2 Å². The Labute approximate surface area is 241 Å². The van der Waals surface area contributed by atoms with Gasteiger partial charge in [0.2, 0.25) is 11.6 Å². The quantitative estimate of drug-likeness (QED) is 0.248. The second-order valence-electron chi connectivity index (χ2n) is 10.8. The molecule has 0 unspecified atom stereocenters. The topological polar surface area (TPSA) is 187 Å². The number of hydrogen-bond donors (Lipinski definition) is 3. The van der Waals surface area contributed by atoms with Crippen LogP contribution in [-0.2, 0) is 23.9 Å². The number of amides is 1. The van der Waals surface area contributed by atoms with Crippen molar-refractivity contribution in [2.75, 3.05) is 27.8 Å². The number of Topliss-reactive ketones (excluding diaryl/α,β-unsaturated/α-hetero) is 4. The molecule has 0 saturated carbocycles. The second-order valence-corrected chi connectivity index (χ2v) is 10.8. The number of likely N-dealkylation sites (N-methyl/N-ethyl adjacent to an activating group) is 1. The molecule has 1 saturated heterocycles. The first-order valence-corrected chi connectivity index (χ1v) is 13.2. The van der Waals surface area contributed by atoms with Gasteiger partial charge < -0.3 is 25.0 Å². The Morgan fingerprint density at radius 3 is 2.31 bits per heavy atom. The maximum absolute atomic E-state index is 14.0. The highest BCUT2D eigenvalue weighted by Gasteiger charge is 2.60. The minimum absolute atomic E-state index is 0.00616. The Morgan fingerprint density at radius 1 is 1.07 bits per heavy atom. The number of nitriles is 1. The summed E-state index contributed by atoms with van der Waals surface area (Å²) in [4.78, 5) is 68.7. The normalized spacial score (nSPS) is 27.2. The average molecular weight is 579 g/mol. The summed E-state index contributed by atoms with van der Waals surface area (Å²) in [5, 5.41) is 35.5. The molecular formula is C29H30N4O9. The van der Waals surface area contributed by atoms with Crippen molar-refractivity contribution < 1.29 is 43.7 Å². The molecular weight excluding hydrogens is 548 g/mol. The van der Waals surface area contributed by atoms with Gasteiger partial charge in [-0.05, 0) is 27.3 Å². The molecule has 13 nitrogen and oxygen atoms in total. The van der Waals surface area contributed by atoms with Crippen LogP contribution in [0.25, 0.3) is 0 Å². The summed E-state index contributed by atoms with van der Waals surface area (Å²) >= 11 is 0. The fraction of sp³-hybridized carbons (Fsp3) is 0.448. The molecule has 3 aliphatic heterocycles. The van der Waals surface area contributed by atoms with Gasteiger partial charge in [-0.3, -0.25) is 33.8 Å². The van der Waals surface area contributed by atoms with Crippen LogP contribution in [-0.4, -0.2) is 101 Å². The Morgan fingerprint density at radius 2 is 1.74 bits per heavy atom. The van der Waals surface area contributed by atoms with Gasteiger partial charge in [0.1, 0.15) is 17.8 Å². The number of ketones is 4. The van der Waals surface area contributed by atoms with E-state index in [4.69, 9.17) is 9.47 Å². The molecule has 1 amide bonds. The smallest absolute Gasteiger partial charge is 0.287 e. The number of carbonyl (C=O) groups excluding carboxylic acids is 5. The number of ether oxygens (including phenoxy) is 2. The van der Waals surface area contributed by atoms with Gasteiger partial charge in [-0.25, -0.2) is 0 Å². The number of nitrogens with one attached hydrogen (secondary N) is 1. The van der Waals surface area contributed by atoms with Gasteiger partial charge in [0.05, 0.1) is 37.9 Å². The molecule has 2 bridgehead atoms. The molecule has 5 atom stereocenters. The molecule has 1 aromatic carbocycles. The SMILES string of the molecule is COC1=C(C)C(=O)C2=C(C1=O)[C@H](CNC(=O)C(C)=O)N1[C@@H](C#N)[C@@H]3C(=O)c4c(O)c(C)c(OC)c(O)c4[C@H]([C@@H]1C2)N3C. The number of nitrogens with zero attached hydrogens (tertiary/aromatic N) is 3. The molecule has 1 fully saturated rings. The van der Waals surface area contributed by atoms with Crippen molar-refractivity contribution in [3.8, 4) is 23.3 Å². The molecule has 42 heavy (non-hydrogen) atoms. The molecule has 3 heterocycles. The highest BCUT2D eigenvalue weighted by atomic mass is 16.5. The molecule has 0 spiro atoms. The summed E-state index contributed by atoms with van der Waals surface area (Å²) < 4.78 is 10.6. The molecule has 0 radical (unpaired) electrons. The summed E-state index contributed by atoms with van der Waals surface area (Å²) in [6, 6.07) is -2.96. The second kappa shape index (κ2) is 10.1. The highest BCUT2D eigenvalue weighted by Crippen LogP contribution is 2.56. The third-order valence-corrected chi connectivity index (χ3v) is 8.88. The van der Waals surface area contributed by atoms with E-state index >= 15 is 0 Å². The van der Waals surface area contributed by atoms with Gasteiger partial charge in [-0.2, -0.15) is 5.26 Å². The maximum Gasteiger partial charge on any atom is 0.287 e. The van der Waals surface area contributed by atoms with Crippen molar-refractivity contribution in [3.05, 3.63) is 39.2 Å². The Kier molecular flexibility index (Phi) is 6.95. The van der Waals surface area contributed by atoms with Crippen LogP contribution in [0, 0.1) is 18.3 Å². The Bertz CT molecular complexity index is 1600. The van der Waals surface area contributed by atoms with Gasteiger partial charge in [0.25, 0.3) is 5.91 Å². The number of phenols is 2. The van der Waals surface area contributed by atoms with Gasteiger partial charge in [-0.15, -0.1) is 0 Å². The number of rotatable bonds is 5. The summed E-state index contributed by atoms with van der Waals surface area (Å²) in [5.41, 5.74) is 0.327. The zero-order chi connectivity index (χ0) is 30.9. The van der Waals surface area contributed by atoms with Gasteiger partial charge in [0, 0.05) is 47.4 Å². The zero-order valence-corrected chi connectivity index (χ0v) is 23.9.